The van der Waals surface area contributed by atoms with Gasteiger partial charge in [0.1, 0.15) is 5.82 Å². The van der Waals surface area contributed by atoms with Crippen LogP contribution >= 0.6 is 0 Å². The summed E-state index contributed by atoms with van der Waals surface area (Å²) >= 11 is 0. The Morgan fingerprint density at radius 2 is 1.82 bits per heavy atom. The van der Waals surface area contributed by atoms with Crippen molar-refractivity contribution >= 4 is 23.4 Å². The summed E-state index contributed by atoms with van der Waals surface area (Å²) in [5.74, 6) is 0.383. The van der Waals surface area contributed by atoms with E-state index in [1.807, 2.05) is 60.7 Å². The van der Waals surface area contributed by atoms with Crippen LogP contribution in [-0.4, -0.2) is 46.9 Å². The fourth-order valence-corrected chi connectivity index (χ4v) is 3.91. The lowest BCUT2D eigenvalue weighted by Gasteiger charge is -2.29. The summed E-state index contributed by atoms with van der Waals surface area (Å²) in [4.78, 5) is 18.7. The molecule has 1 aliphatic heterocycles. The average molecular weight is 444 g/mol. The van der Waals surface area contributed by atoms with E-state index in [-0.39, 0.29) is 11.7 Å². The third kappa shape index (κ3) is 4.58. The maximum atomic E-state index is 12.1. The number of oxazole rings is 1. The highest BCUT2D eigenvalue weighted by molar-refractivity contribution is 5.97. The van der Waals surface area contributed by atoms with Gasteiger partial charge in [-0.3, -0.25) is 10.1 Å². The Morgan fingerprint density at radius 3 is 2.55 bits per heavy atom. The predicted octanol–water partition coefficient (Wildman–Crippen LogP) is 2.84. The Morgan fingerprint density at radius 1 is 1.06 bits per heavy atom. The van der Waals surface area contributed by atoms with E-state index in [0.717, 1.165) is 43.0 Å². The molecule has 1 saturated heterocycles. The van der Waals surface area contributed by atoms with Crippen molar-refractivity contribution in [2.45, 2.75) is 6.54 Å². The zero-order valence-electron chi connectivity index (χ0n) is 18.1. The van der Waals surface area contributed by atoms with Crippen LogP contribution in [0.15, 0.2) is 71.3 Å². The lowest BCUT2D eigenvalue weighted by Crippen LogP contribution is -2.43. The van der Waals surface area contributed by atoms with Crippen LogP contribution in [-0.2, 0) is 6.54 Å². The van der Waals surface area contributed by atoms with Gasteiger partial charge in [0.2, 0.25) is 0 Å². The number of anilines is 3. The zero-order valence-corrected chi connectivity index (χ0v) is 18.1. The Labute approximate surface area is 191 Å². The van der Waals surface area contributed by atoms with E-state index < -0.39 is 5.91 Å². The highest BCUT2D eigenvalue weighted by Gasteiger charge is 2.21. The van der Waals surface area contributed by atoms with Gasteiger partial charge in [-0.15, -0.1) is 0 Å². The second kappa shape index (κ2) is 9.17. The first kappa shape index (κ1) is 20.8. The third-order valence-electron chi connectivity index (χ3n) is 5.60. The van der Waals surface area contributed by atoms with Crippen molar-refractivity contribution in [3.8, 4) is 11.3 Å². The highest BCUT2D eigenvalue weighted by atomic mass is 16.4. The quantitative estimate of drug-likeness (QED) is 0.402. The van der Waals surface area contributed by atoms with E-state index in [1.54, 1.807) is 10.9 Å². The molecule has 0 bridgehead atoms. The molecule has 1 amide bonds. The lowest BCUT2D eigenvalue weighted by atomic mass is 10.1. The first-order valence-electron chi connectivity index (χ1n) is 10.9. The standard InChI is InChI=1S/C24H25N7O2/c25-23(32)21-22(18-6-8-19(9-7-18)30-14-12-26-13-15-30)33-24(29-21)28-20-10-11-27-31(20)16-17-4-2-1-3-5-17/h1-11,26H,12-16H2,(H2,25,32)(H,28,29). The van der Waals surface area contributed by atoms with Crippen LogP contribution in [0.5, 0.6) is 0 Å². The third-order valence-corrected chi connectivity index (χ3v) is 5.60. The Hall–Kier alpha value is -4.11. The molecule has 0 radical (unpaired) electrons. The summed E-state index contributed by atoms with van der Waals surface area (Å²) in [6, 6.07) is 19.9. The number of benzene rings is 2. The summed E-state index contributed by atoms with van der Waals surface area (Å²) in [6.07, 6.45) is 1.69. The van der Waals surface area contributed by atoms with E-state index >= 15 is 0 Å². The number of aromatic nitrogens is 3. The molecule has 4 aromatic rings. The summed E-state index contributed by atoms with van der Waals surface area (Å²) in [7, 11) is 0. The van der Waals surface area contributed by atoms with Gasteiger partial charge in [-0.05, 0) is 29.8 Å². The SMILES string of the molecule is NC(=O)c1nc(Nc2ccnn2Cc2ccccc2)oc1-c1ccc(N2CCNCC2)cc1. The minimum absolute atomic E-state index is 0.0848. The number of nitrogens with zero attached hydrogens (tertiary/aromatic N) is 4. The minimum atomic E-state index is -0.647. The largest absolute Gasteiger partial charge is 0.422 e. The molecule has 2 aromatic carbocycles. The van der Waals surface area contributed by atoms with Crippen LogP contribution in [0.3, 0.4) is 0 Å². The van der Waals surface area contributed by atoms with E-state index in [2.05, 4.69) is 25.6 Å². The van der Waals surface area contributed by atoms with Gasteiger partial charge < -0.3 is 20.4 Å². The molecule has 3 heterocycles. The number of hydrogen-bond donors (Lipinski definition) is 3. The van der Waals surface area contributed by atoms with Crippen molar-refractivity contribution < 1.29 is 9.21 Å². The van der Waals surface area contributed by atoms with Crippen molar-refractivity contribution in [1.29, 1.82) is 0 Å². The van der Waals surface area contributed by atoms with Crippen molar-refractivity contribution in [3.63, 3.8) is 0 Å². The summed E-state index contributed by atoms with van der Waals surface area (Å²) < 4.78 is 7.74. The van der Waals surface area contributed by atoms with Gasteiger partial charge in [-0.1, -0.05) is 30.3 Å². The normalized spacial score (nSPS) is 13.8. The highest BCUT2D eigenvalue weighted by Crippen LogP contribution is 2.30. The number of nitrogens with one attached hydrogen (secondary N) is 2. The molecule has 9 nitrogen and oxygen atoms in total. The molecule has 0 aliphatic carbocycles. The second-order valence-corrected chi connectivity index (χ2v) is 7.83. The second-order valence-electron chi connectivity index (χ2n) is 7.83. The van der Waals surface area contributed by atoms with Gasteiger partial charge in [-0.25, -0.2) is 4.68 Å². The molecule has 9 heteroatoms. The molecular formula is C24H25N7O2. The number of rotatable bonds is 7. The lowest BCUT2D eigenvalue weighted by molar-refractivity contribution is 0.0996. The van der Waals surface area contributed by atoms with Gasteiger partial charge in [-0.2, -0.15) is 10.1 Å². The number of amides is 1. The fraction of sp³-hybridized carbons (Fsp3) is 0.208. The van der Waals surface area contributed by atoms with E-state index in [0.29, 0.717) is 18.1 Å². The smallest absolute Gasteiger partial charge is 0.301 e. The molecule has 33 heavy (non-hydrogen) atoms. The minimum Gasteiger partial charge on any atom is -0.422 e. The maximum Gasteiger partial charge on any atom is 0.301 e. The van der Waals surface area contributed by atoms with Crippen molar-refractivity contribution in [3.05, 3.63) is 78.1 Å². The van der Waals surface area contributed by atoms with E-state index in [1.165, 1.54) is 0 Å². The molecular weight excluding hydrogens is 418 g/mol. The van der Waals surface area contributed by atoms with Crippen LogP contribution in [0.25, 0.3) is 11.3 Å². The predicted molar refractivity (Wildman–Crippen MR) is 127 cm³/mol. The van der Waals surface area contributed by atoms with Gasteiger partial charge in [0.15, 0.2) is 11.5 Å². The summed E-state index contributed by atoms with van der Waals surface area (Å²) in [6.45, 7) is 4.43. The van der Waals surface area contributed by atoms with Crippen LogP contribution in [0.1, 0.15) is 16.1 Å². The molecule has 1 fully saturated rings. The molecule has 2 aromatic heterocycles. The average Bonchev–Trinajstić information content (AvgIpc) is 3.48. The molecule has 0 spiro atoms. The molecule has 5 rings (SSSR count). The molecule has 0 atom stereocenters. The molecule has 0 unspecified atom stereocenters. The summed E-state index contributed by atoms with van der Waals surface area (Å²) in [5, 5.41) is 10.8. The van der Waals surface area contributed by atoms with Gasteiger partial charge in [0.25, 0.3) is 5.91 Å². The number of carbonyl (C=O) groups excluding carboxylic acids is 1. The fourth-order valence-electron chi connectivity index (χ4n) is 3.91. The Balaban J connectivity index is 1.38. The van der Waals surface area contributed by atoms with Crippen molar-refractivity contribution in [2.75, 3.05) is 36.4 Å². The van der Waals surface area contributed by atoms with Crippen molar-refractivity contribution in [2.24, 2.45) is 5.73 Å². The molecule has 4 N–H and O–H groups in total. The van der Waals surface area contributed by atoms with Crippen LogP contribution < -0.4 is 21.3 Å². The van der Waals surface area contributed by atoms with E-state index in [4.69, 9.17) is 10.2 Å². The first-order valence-corrected chi connectivity index (χ1v) is 10.9. The van der Waals surface area contributed by atoms with Gasteiger partial charge in [0.05, 0.1) is 12.7 Å². The van der Waals surface area contributed by atoms with Crippen molar-refractivity contribution in [1.82, 2.24) is 20.1 Å². The number of carbonyl (C=O) groups is 1. The first-order chi connectivity index (χ1) is 16.2. The van der Waals surface area contributed by atoms with Gasteiger partial charge >= 0.3 is 6.01 Å². The van der Waals surface area contributed by atoms with E-state index in [9.17, 15) is 4.79 Å². The number of hydrogen-bond acceptors (Lipinski definition) is 7. The number of piperazine rings is 1. The maximum absolute atomic E-state index is 12.1. The monoisotopic (exact) mass is 443 g/mol. The Kier molecular flexibility index (Phi) is 5.77. The van der Waals surface area contributed by atoms with Crippen LogP contribution in [0.4, 0.5) is 17.5 Å². The van der Waals surface area contributed by atoms with Gasteiger partial charge in [0, 0.05) is 43.5 Å². The molecule has 1 aliphatic rings. The number of primary amides is 1. The van der Waals surface area contributed by atoms with Crippen LogP contribution in [0.2, 0.25) is 0 Å². The molecule has 168 valence electrons. The molecule has 0 saturated carbocycles. The number of nitrogens with two attached hydrogens (primary N) is 1. The summed E-state index contributed by atoms with van der Waals surface area (Å²) in [5.41, 5.74) is 8.66. The van der Waals surface area contributed by atoms with Crippen LogP contribution in [0, 0.1) is 0 Å². The topological polar surface area (TPSA) is 114 Å². The zero-order chi connectivity index (χ0) is 22.6. The Bertz CT molecular complexity index is 1230.